The molecule has 0 atom stereocenters. The molecule has 0 radical (unpaired) electrons. The largest absolute Gasteiger partial charge is 0.396 e. The molecule has 0 bridgehead atoms. The number of aliphatic hydroxyl groups excluding tert-OH is 1. The fourth-order valence-electron chi connectivity index (χ4n) is 1.62. The van der Waals surface area contributed by atoms with E-state index in [0.29, 0.717) is 23.7 Å². The molecule has 0 saturated heterocycles. The van der Waals surface area contributed by atoms with Gasteiger partial charge in [-0.1, -0.05) is 37.6 Å². The van der Waals surface area contributed by atoms with Crippen molar-refractivity contribution in [2.75, 3.05) is 18.5 Å². The molecular weight excluding hydrogens is 264 g/mol. The average Bonchev–Trinajstić information content (AvgIpc) is 2.33. The summed E-state index contributed by atoms with van der Waals surface area (Å²) in [5, 5.41) is 15.0. The molecule has 1 rings (SSSR count). The molecule has 0 aromatic heterocycles. The minimum atomic E-state index is -0.293. The molecule has 1 aromatic carbocycles. The number of urea groups is 1. The maximum atomic E-state index is 11.8. The third kappa shape index (κ3) is 5.09. The molecule has 0 aliphatic carbocycles. The van der Waals surface area contributed by atoms with Gasteiger partial charge >= 0.3 is 6.03 Å². The van der Waals surface area contributed by atoms with Crippen LogP contribution in [0.3, 0.4) is 0 Å². The first-order valence-corrected chi connectivity index (χ1v) is 6.64. The second-order valence-corrected chi connectivity index (χ2v) is 5.76. The van der Waals surface area contributed by atoms with Crippen LogP contribution in [0.4, 0.5) is 10.5 Å². The standard InChI is InChI=1S/C14H21ClN2O2/c1-10-5-4-6-11(12(10)15)17-13(19)16-9-14(2,3)7-8-18/h4-6,18H,7-9H2,1-3H3,(H2,16,17,19). The van der Waals surface area contributed by atoms with Crippen LogP contribution in [0.25, 0.3) is 0 Å². The zero-order valence-electron chi connectivity index (χ0n) is 11.6. The molecule has 0 unspecified atom stereocenters. The topological polar surface area (TPSA) is 61.4 Å². The summed E-state index contributed by atoms with van der Waals surface area (Å²) >= 11 is 6.10. The highest BCUT2D eigenvalue weighted by molar-refractivity contribution is 6.34. The Kier molecular flexibility index (Phi) is 5.63. The first-order valence-electron chi connectivity index (χ1n) is 6.26. The van der Waals surface area contributed by atoms with Crippen molar-refractivity contribution in [2.24, 2.45) is 5.41 Å². The van der Waals surface area contributed by atoms with Crippen LogP contribution in [0, 0.1) is 12.3 Å². The van der Waals surface area contributed by atoms with E-state index in [1.807, 2.05) is 32.9 Å². The van der Waals surface area contributed by atoms with Crippen molar-refractivity contribution < 1.29 is 9.90 Å². The smallest absolute Gasteiger partial charge is 0.319 e. The van der Waals surface area contributed by atoms with E-state index in [1.165, 1.54) is 0 Å². The van der Waals surface area contributed by atoms with E-state index < -0.39 is 0 Å². The van der Waals surface area contributed by atoms with Crippen LogP contribution < -0.4 is 10.6 Å². The van der Waals surface area contributed by atoms with Crippen molar-refractivity contribution in [3.05, 3.63) is 28.8 Å². The highest BCUT2D eigenvalue weighted by Gasteiger charge is 2.18. The number of nitrogens with one attached hydrogen (secondary N) is 2. The van der Waals surface area contributed by atoms with Gasteiger partial charge in [-0.3, -0.25) is 0 Å². The quantitative estimate of drug-likeness (QED) is 0.778. The lowest BCUT2D eigenvalue weighted by Gasteiger charge is -2.24. The number of benzene rings is 1. The molecule has 0 spiro atoms. The summed E-state index contributed by atoms with van der Waals surface area (Å²) < 4.78 is 0. The van der Waals surface area contributed by atoms with Crippen LogP contribution in [-0.4, -0.2) is 24.3 Å². The first-order chi connectivity index (χ1) is 8.85. The Balaban J connectivity index is 2.54. The predicted octanol–water partition coefficient (Wildman–Crippen LogP) is 3.18. The molecule has 0 saturated carbocycles. The van der Waals surface area contributed by atoms with Gasteiger partial charge in [0.05, 0.1) is 10.7 Å². The van der Waals surface area contributed by atoms with E-state index >= 15 is 0 Å². The van der Waals surface area contributed by atoms with Crippen LogP contribution in [-0.2, 0) is 0 Å². The van der Waals surface area contributed by atoms with Crippen LogP contribution in [0.5, 0.6) is 0 Å². The summed E-state index contributed by atoms with van der Waals surface area (Å²) in [6, 6.07) is 5.19. The maximum Gasteiger partial charge on any atom is 0.319 e. The molecule has 0 fully saturated rings. The summed E-state index contributed by atoms with van der Waals surface area (Å²) in [5.74, 6) is 0. The fraction of sp³-hybridized carbons (Fsp3) is 0.500. The third-order valence-corrected chi connectivity index (χ3v) is 3.46. The minimum absolute atomic E-state index is 0.111. The third-order valence-electron chi connectivity index (χ3n) is 2.96. The number of carbonyl (C=O) groups is 1. The van der Waals surface area contributed by atoms with Crippen LogP contribution in [0.2, 0.25) is 5.02 Å². The number of carbonyl (C=O) groups excluding carboxylic acids is 1. The van der Waals surface area contributed by atoms with Crippen LogP contribution >= 0.6 is 11.6 Å². The Morgan fingerprint density at radius 1 is 1.42 bits per heavy atom. The number of amides is 2. The number of halogens is 1. The van der Waals surface area contributed by atoms with Crippen molar-refractivity contribution in [1.82, 2.24) is 5.32 Å². The second kappa shape index (κ2) is 6.78. The highest BCUT2D eigenvalue weighted by atomic mass is 35.5. The van der Waals surface area contributed by atoms with Gasteiger partial charge in [-0.25, -0.2) is 4.79 Å². The second-order valence-electron chi connectivity index (χ2n) is 5.38. The summed E-state index contributed by atoms with van der Waals surface area (Å²) in [4.78, 5) is 11.8. The van der Waals surface area contributed by atoms with Crippen molar-refractivity contribution in [1.29, 1.82) is 0 Å². The van der Waals surface area contributed by atoms with Crippen LogP contribution in [0.15, 0.2) is 18.2 Å². The van der Waals surface area contributed by atoms with Gasteiger partial charge in [-0.15, -0.1) is 0 Å². The summed E-state index contributed by atoms with van der Waals surface area (Å²) in [6.45, 7) is 6.46. The number of aliphatic hydroxyl groups is 1. The van der Waals surface area contributed by atoms with E-state index in [1.54, 1.807) is 6.07 Å². The normalized spacial score (nSPS) is 11.2. The van der Waals surface area contributed by atoms with E-state index in [-0.39, 0.29) is 18.1 Å². The lowest BCUT2D eigenvalue weighted by molar-refractivity contribution is 0.204. The molecule has 0 aliphatic heterocycles. The van der Waals surface area contributed by atoms with Gasteiger partial charge in [0.1, 0.15) is 0 Å². The van der Waals surface area contributed by atoms with Crippen molar-refractivity contribution in [3.63, 3.8) is 0 Å². The summed E-state index contributed by atoms with van der Waals surface area (Å²) in [6.07, 6.45) is 0.637. The van der Waals surface area contributed by atoms with Gasteiger partial charge in [0.25, 0.3) is 0 Å². The zero-order valence-corrected chi connectivity index (χ0v) is 12.3. The fourth-order valence-corrected chi connectivity index (χ4v) is 1.79. The Bertz CT molecular complexity index is 447. The molecule has 1 aromatic rings. The Morgan fingerprint density at radius 2 is 2.11 bits per heavy atom. The summed E-state index contributed by atoms with van der Waals surface area (Å²) in [5.41, 5.74) is 1.38. The number of anilines is 1. The number of aryl methyl sites for hydroxylation is 1. The Labute approximate surface area is 119 Å². The lowest BCUT2D eigenvalue weighted by atomic mass is 9.90. The Hall–Kier alpha value is -1.26. The lowest BCUT2D eigenvalue weighted by Crippen LogP contribution is -2.37. The molecule has 2 amide bonds. The summed E-state index contributed by atoms with van der Waals surface area (Å²) in [7, 11) is 0. The maximum absolute atomic E-state index is 11.8. The predicted molar refractivity (Wildman–Crippen MR) is 78.7 cm³/mol. The molecule has 0 aliphatic rings. The van der Waals surface area contributed by atoms with Gasteiger partial charge in [-0.2, -0.15) is 0 Å². The number of hydrogen-bond acceptors (Lipinski definition) is 2. The molecule has 5 heteroatoms. The SMILES string of the molecule is Cc1cccc(NC(=O)NCC(C)(C)CCO)c1Cl. The van der Waals surface area contributed by atoms with E-state index in [0.717, 1.165) is 5.56 Å². The van der Waals surface area contributed by atoms with E-state index in [9.17, 15) is 4.79 Å². The van der Waals surface area contributed by atoms with Gasteiger partial charge in [0, 0.05) is 13.2 Å². The molecule has 0 heterocycles. The minimum Gasteiger partial charge on any atom is -0.396 e. The molecule has 106 valence electrons. The number of rotatable bonds is 5. The van der Waals surface area contributed by atoms with Crippen LogP contribution in [0.1, 0.15) is 25.8 Å². The molecule has 19 heavy (non-hydrogen) atoms. The van der Waals surface area contributed by atoms with Gasteiger partial charge < -0.3 is 15.7 Å². The first kappa shape index (κ1) is 15.8. The van der Waals surface area contributed by atoms with Crippen molar-refractivity contribution >= 4 is 23.3 Å². The van der Waals surface area contributed by atoms with Crippen molar-refractivity contribution in [3.8, 4) is 0 Å². The van der Waals surface area contributed by atoms with Gasteiger partial charge in [0.2, 0.25) is 0 Å². The molecular formula is C14H21ClN2O2. The molecule has 4 nitrogen and oxygen atoms in total. The number of hydrogen-bond donors (Lipinski definition) is 3. The van der Waals surface area contributed by atoms with E-state index in [2.05, 4.69) is 10.6 Å². The van der Waals surface area contributed by atoms with E-state index in [4.69, 9.17) is 16.7 Å². The highest BCUT2D eigenvalue weighted by Crippen LogP contribution is 2.25. The molecule has 3 N–H and O–H groups in total. The monoisotopic (exact) mass is 284 g/mol. The average molecular weight is 285 g/mol. The van der Waals surface area contributed by atoms with Crippen molar-refractivity contribution in [2.45, 2.75) is 27.2 Å². The van der Waals surface area contributed by atoms with Gasteiger partial charge in [-0.05, 0) is 30.4 Å². The van der Waals surface area contributed by atoms with Gasteiger partial charge in [0.15, 0.2) is 0 Å². The zero-order chi connectivity index (χ0) is 14.5. The Morgan fingerprint density at radius 3 is 2.74 bits per heavy atom.